The fraction of sp³-hybridized carbons (Fsp3) is 0.444. The smallest absolute Gasteiger partial charge is 0.168 e. The maximum atomic E-state index is 4.62. The molecule has 0 saturated carbocycles. The Morgan fingerprint density at radius 2 is 0.487 bits per heavy atom. The lowest BCUT2D eigenvalue weighted by atomic mass is 10.1. The fourth-order valence-electron chi connectivity index (χ4n) is 9.58. The summed E-state index contributed by atoms with van der Waals surface area (Å²) < 4.78 is 9.05. The van der Waals surface area contributed by atoms with Gasteiger partial charge >= 0.3 is 0 Å². The molecule has 9 rings (SSSR count). The van der Waals surface area contributed by atoms with Crippen LogP contribution in [0.2, 0.25) is 0 Å². The predicted molar refractivity (Wildman–Crippen MR) is 339 cm³/mol. The van der Waals surface area contributed by atoms with Gasteiger partial charge in [-0.2, -0.15) is 0 Å². The molecule has 0 amide bonds. The van der Waals surface area contributed by atoms with Crippen LogP contribution in [0.15, 0.2) is 171 Å². The SMILES string of the molecule is C1=Cc2cc3ccc(cc4ccc(cc5nc(cc1n2)C=C5)[nH]4)[nH]3.CCCCCCCC[n+]1ccccc1.CCCCCCCC[n+]1ccccc1.CCCCCCCC[n+]1ccccc1.CCCCCCCC[n+]1ccccc1. The number of rotatable bonds is 28. The van der Waals surface area contributed by atoms with E-state index >= 15 is 0 Å². The van der Waals surface area contributed by atoms with Gasteiger partial charge in [-0.3, -0.25) is 0 Å². The highest BCUT2D eigenvalue weighted by Gasteiger charge is 2.04. The lowest BCUT2D eigenvalue weighted by Gasteiger charge is -1.98. The molecule has 0 atom stereocenters. The van der Waals surface area contributed by atoms with Gasteiger partial charge in [0.1, 0.15) is 26.2 Å². The summed E-state index contributed by atoms with van der Waals surface area (Å²) in [5, 5.41) is 0. The van der Waals surface area contributed by atoms with Crippen molar-refractivity contribution in [2.75, 3.05) is 0 Å². The second-order valence-corrected chi connectivity index (χ2v) is 21.4. The van der Waals surface area contributed by atoms with Gasteiger partial charge in [-0.15, -0.1) is 0 Å². The van der Waals surface area contributed by atoms with Gasteiger partial charge in [0.25, 0.3) is 0 Å². The first-order valence-electron chi connectivity index (χ1n) is 31.3. The predicted octanol–water partition coefficient (Wildman–Crippen LogP) is 18.0. The number of aryl methyl sites for hydroxylation is 4. The van der Waals surface area contributed by atoms with Crippen molar-refractivity contribution in [2.45, 2.75) is 208 Å². The minimum Gasteiger partial charge on any atom is -0.355 e. The quantitative estimate of drug-likeness (QED) is 0.0379. The number of aromatic amines is 2. The molecular weight excluding hydrogens is 977 g/mol. The van der Waals surface area contributed by atoms with Crippen molar-refractivity contribution in [3.05, 3.63) is 194 Å². The molecule has 80 heavy (non-hydrogen) atoms. The van der Waals surface area contributed by atoms with Crippen molar-refractivity contribution < 1.29 is 18.3 Å². The first-order valence-corrected chi connectivity index (χ1v) is 31.3. The molecule has 0 aliphatic carbocycles. The van der Waals surface area contributed by atoms with Crippen molar-refractivity contribution in [1.29, 1.82) is 0 Å². The Labute approximate surface area is 483 Å². The average Bonchev–Trinajstić information content (AvgIpc) is 4.36. The van der Waals surface area contributed by atoms with Crippen LogP contribution in [0.3, 0.4) is 0 Å². The molecule has 0 unspecified atom stereocenters. The van der Waals surface area contributed by atoms with E-state index in [1.165, 1.54) is 180 Å². The van der Waals surface area contributed by atoms with Crippen molar-refractivity contribution >= 4 is 46.4 Å². The van der Waals surface area contributed by atoms with Crippen molar-refractivity contribution in [2.24, 2.45) is 0 Å². The third-order valence-corrected chi connectivity index (χ3v) is 14.2. The van der Waals surface area contributed by atoms with Crippen LogP contribution in [0, 0.1) is 0 Å². The van der Waals surface area contributed by atoms with Crippen LogP contribution in [0.4, 0.5) is 0 Å². The molecule has 0 saturated heterocycles. The zero-order chi connectivity index (χ0) is 56.2. The summed E-state index contributed by atoms with van der Waals surface area (Å²) in [4.78, 5) is 16.0. The van der Waals surface area contributed by atoms with E-state index in [0.717, 1.165) is 44.8 Å². The highest BCUT2D eigenvalue weighted by Crippen LogP contribution is 2.18. The summed E-state index contributed by atoms with van der Waals surface area (Å²) >= 11 is 0. The number of pyridine rings is 4. The van der Waals surface area contributed by atoms with Gasteiger partial charge in [-0.05, 0) is 98.5 Å². The van der Waals surface area contributed by atoms with E-state index in [2.05, 4.69) is 219 Å². The van der Waals surface area contributed by atoms with Crippen molar-refractivity contribution in [3.8, 4) is 0 Å². The number of aromatic nitrogens is 8. The fourth-order valence-corrected chi connectivity index (χ4v) is 9.58. The summed E-state index contributed by atoms with van der Waals surface area (Å²) in [6.45, 7) is 13.7. The molecule has 9 heterocycles. The molecule has 2 aliphatic heterocycles. The molecule has 7 aromatic rings. The van der Waals surface area contributed by atoms with Gasteiger partial charge in [0, 0.05) is 96.3 Å². The molecular formula is C72H102N8+4. The Balaban J connectivity index is 0.000000189. The summed E-state index contributed by atoms with van der Waals surface area (Å²) in [6, 6.07) is 41.4. The summed E-state index contributed by atoms with van der Waals surface area (Å²) in [7, 11) is 0. The standard InChI is InChI=1S/C20H14N4.4C13H22N/c1-2-14-10-16-5-6-18(23-16)12-20-8-7-19(24-20)11-17-4-3-15(22-17)9-13(1)21-14;4*1-2-3-4-5-6-8-11-14-12-9-7-10-13-14/h1-12,21-22H;4*7,9-10,12-13H,2-6,8,11H2,1H3/q;4*+1. The van der Waals surface area contributed by atoms with Crippen LogP contribution in [0.5, 0.6) is 0 Å². The van der Waals surface area contributed by atoms with Crippen LogP contribution in [-0.4, -0.2) is 19.9 Å². The molecule has 0 aromatic carbocycles. The van der Waals surface area contributed by atoms with E-state index < -0.39 is 0 Å². The number of unbranched alkanes of at least 4 members (excludes halogenated alkanes) is 20. The zero-order valence-corrected chi connectivity index (χ0v) is 50.0. The van der Waals surface area contributed by atoms with E-state index in [-0.39, 0.29) is 0 Å². The summed E-state index contributed by atoms with van der Waals surface area (Å²) in [5.41, 5.74) is 7.86. The molecule has 2 N–H and O–H groups in total. The molecule has 7 aromatic heterocycles. The third-order valence-electron chi connectivity index (χ3n) is 14.2. The van der Waals surface area contributed by atoms with Crippen LogP contribution < -0.4 is 18.3 Å². The highest BCUT2D eigenvalue weighted by atomic mass is 14.9. The minimum atomic E-state index is 0.915. The molecule has 0 spiro atoms. The second kappa shape index (κ2) is 42.1. The highest BCUT2D eigenvalue weighted by molar-refractivity contribution is 5.77. The van der Waals surface area contributed by atoms with Gasteiger partial charge in [0.05, 0.1) is 22.8 Å². The number of fused-ring (bicyclic) bond motifs is 8. The van der Waals surface area contributed by atoms with Gasteiger partial charge < -0.3 is 9.97 Å². The van der Waals surface area contributed by atoms with E-state index in [0.29, 0.717) is 0 Å². The topological polar surface area (TPSA) is 72.9 Å². The number of H-pyrrole nitrogens is 2. The maximum Gasteiger partial charge on any atom is 0.168 e. The van der Waals surface area contributed by atoms with Gasteiger partial charge in [-0.25, -0.2) is 28.2 Å². The van der Waals surface area contributed by atoms with E-state index in [4.69, 9.17) is 0 Å². The lowest BCUT2D eigenvalue weighted by molar-refractivity contribution is -0.697. The van der Waals surface area contributed by atoms with E-state index in [9.17, 15) is 0 Å². The Morgan fingerprint density at radius 1 is 0.263 bits per heavy atom. The first-order chi connectivity index (χ1) is 39.5. The average molecular weight is 1080 g/mol. The minimum absolute atomic E-state index is 0.915. The van der Waals surface area contributed by atoms with E-state index in [1.807, 2.05) is 42.5 Å². The monoisotopic (exact) mass is 1080 g/mol. The Kier molecular flexibility index (Phi) is 33.7. The first kappa shape index (κ1) is 64.0. The Bertz CT molecular complexity index is 2540. The van der Waals surface area contributed by atoms with Crippen molar-refractivity contribution in [1.82, 2.24) is 19.9 Å². The molecule has 0 radical (unpaired) electrons. The van der Waals surface area contributed by atoms with Crippen molar-refractivity contribution in [3.63, 3.8) is 0 Å². The number of hydrogen-bond donors (Lipinski definition) is 2. The zero-order valence-electron chi connectivity index (χ0n) is 50.0. The molecule has 0 fully saturated rings. The second-order valence-electron chi connectivity index (χ2n) is 21.4. The Morgan fingerprint density at radius 3 is 0.750 bits per heavy atom. The maximum absolute atomic E-state index is 4.62. The van der Waals surface area contributed by atoms with Crippen LogP contribution in [-0.2, 0) is 26.2 Å². The van der Waals surface area contributed by atoms with E-state index in [1.54, 1.807) is 0 Å². The Hall–Kier alpha value is -6.80. The molecule has 8 bridgehead atoms. The third kappa shape index (κ3) is 29.4. The lowest BCUT2D eigenvalue weighted by Crippen LogP contribution is -2.32. The number of hydrogen-bond acceptors (Lipinski definition) is 2. The van der Waals surface area contributed by atoms with Gasteiger partial charge in [0.2, 0.25) is 0 Å². The normalized spacial score (nSPS) is 11.1. The summed E-state index contributed by atoms with van der Waals surface area (Å²) in [5.74, 6) is 0. The van der Waals surface area contributed by atoms with Gasteiger partial charge in [0.15, 0.2) is 49.6 Å². The number of nitrogens with zero attached hydrogens (tertiary/aromatic N) is 6. The molecule has 8 heteroatoms. The summed E-state index contributed by atoms with van der Waals surface area (Å²) in [6.07, 6.45) is 58.2. The van der Waals surface area contributed by atoms with Crippen LogP contribution >= 0.6 is 0 Å². The molecule has 426 valence electrons. The van der Waals surface area contributed by atoms with Gasteiger partial charge in [-0.1, -0.05) is 155 Å². The van der Waals surface area contributed by atoms with Crippen LogP contribution in [0.1, 0.15) is 205 Å². The molecule has 8 nitrogen and oxygen atoms in total. The number of nitrogens with one attached hydrogen (secondary N) is 2. The van der Waals surface area contributed by atoms with Crippen LogP contribution in [0.25, 0.3) is 46.4 Å². The largest absolute Gasteiger partial charge is 0.355 e. The molecule has 2 aliphatic rings.